The molecule has 1 N–H and O–H groups in total. The molecule has 0 atom stereocenters. The lowest BCUT2D eigenvalue weighted by molar-refractivity contribution is 0.0752. The van der Waals surface area contributed by atoms with Gasteiger partial charge in [0.1, 0.15) is 15.7 Å². The molecular formula is C21H19N5O2S. The fourth-order valence-electron chi connectivity index (χ4n) is 3.06. The van der Waals surface area contributed by atoms with Gasteiger partial charge in [-0.15, -0.1) is 11.3 Å². The number of H-pyrrole nitrogens is 1. The zero-order valence-corrected chi connectivity index (χ0v) is 16.9. The fourth-order valence-corrected chi connectivity index (χ4v) is 4.07. The predicted molar refractivity (Wildman–Crippen MR) is 113 cm³/mol. The SMILES string of the molecule is CCN(Cc1nc2ccccc2c(=O)[nH]1)C(=O)c1sc(-c2ccccn2)nc1C. The maximum Gasteiger partial charge on any atom is 0.266 e. The number of amides is 1. The van der Waals surface area contributed by atoms with Crippen LogP contribution >= 0.6 is 11.3 Å². The van der Waals surface area contributed by atoms with Gasteiger partial charge >= 0.3 is 0 Å². The molecule has 1 aromatic carbocycles. The largest absolute Gasteiger partial charge is 0.331 e. The molecule has 3 aromatic heterocycles. The monoisotopic (exact) mass is 405 g/mol. The van der Waals surface area contributed by atoms with Gasteiger partial charge in [0, 0.05) is 12.7 Å². The zero-order valence-electron chi connectivity index (χ0n) is 16.0. The van der Waals surface area contributed by atoms with E-state index in [1.165, 1.54) is 11.3 Å². The third-order valence-corrected chi connectivity index (χ3v) is 5.71. The maximum atomic E-state index is 13.2. The van der Waals surface area contributed by atoms with Crippen molar-refractivity contribution in [2.75, 3.05) is 6.54 Å². The first-order valence-electron chi connectivity index (χ1n) is 9.23. The van der Waals surface area contributed by atoms with Crippen LogP contribution in [-0.2, 0) is 6.54 Å². The number of fused-ring (bicyclic) bond motifs is 1. The van der Waals surface area contributed by atoms with Gasteiger partial charge in [0.25, 0.3) is 11.5 Å². The van der Waals surface area contributed by atoms with Crippen LogP contribution in [0.1, 0.15) is 28.1 Å². The number of hydrogen-bond acceptors (Lipinski definition) is 6. The molecule has 0 aliphatic carbocycles. The van der Waals surface area contributed by atoms with Crippen molar-refractivity contribution in [1.29, 1.82) is 0 Å². The first-order chi connectivity index (χ1) is 14.1. The van der Waals surface area contributed by atoms with Crippen molar-refractivity contribution in [2.45, 2.75) is 20.4 Å². The van der Waals surface area contributed by atoms with E-state index in [0.29, 0.717) is 38.9 Å². The molecular weight excluding hydrogens is 386 g/mol. The molecule has 0 radical (unpaired) electrons. The van der Waals surface area contributed by atoms with Crippen molar-refractivity contribution >= 4 is 28.1 Å². The summed E-state index contributed by atoms with van der Waals surface area (Å²) in [5.74, 6) is 0.316. The number of para-hydroxylation sites is 1. The number of nitrogens with one attached hydrogen (secondary N) is 1. The van der Waals surface area contributed by atoms with Crippen molar-refractivity contribution in [3.63, 3.8) is 0 Å². The lowest BCUT2D eigenvalue weighted by atomic mass is 10.2. The van der Waals surface area contributed by atoms with Gasteiger partial charge in [-0.05, 0) is 38.1 Å². The Bertz CT molecular complexity index is 1230. The lowest BCUT2D eigenvalue weighted by Gasteiger charge is -2.19. The molecule has 29 heavy (non-hydrogen) atoms. The Hall–Kier alpha value is -3.39. The molecule has 4 rings (SSSR count). The van der Waals surface area contributed by atoms with Gasteiger partial charge in [-0.25, -0.2) is 9.97 Å². The summed E-state index contributed by atoms with van der Waals surface area (Å²) in [4.78, 5) is 43.8. The third kappa shape index (κ3) is 3.79. The molecule has 0 saturated carbocycles. The van der Waals surface area contributed by atoms with E-state index in [0.717, 1.165) is 5.69 Å². The highest BCUT2D eigenvalue weighted by Crippen LogP contribution is 2.27. The number of thiazole rings is 1. The molecule has 0 saturated heterocycles. The number of carbonyl (C=O) groups is 1. The Labute approximate surface area is 171 Å². The molecule has 3 heterocycles. The van der Waals surface area contributed by atoms with Crippen LogP contribution in [0.25, 0.3) is 21.6 Å². The van der Waals surface area contributed by atoms with E-state index in [9.17, 15) is 9.59 Å². The summed E-state index contributed by atoms with van der Waals surface area (Å²) in [6.45, 7) is 4.41. The second-order valence-corrected chi connectivity index (χ2v) is 7.50. The maximum absolute atomic E-state index is 13.2. The number of carbonyl (C=O) groups excluding carboxylic acids is 1. The van der Waals surface area contributed by atoms with Gasteiger partial charge in [0.2, 0.25) is 0 Å². The van der Waals surface area contributed by atoms with Crippen molar-refractivity contribution in [3.8, 4) is 10.7 Å². The predicted octanol–water partition coefficient (Wildman–Crippen LogP) is 3.41. The van der Waals surface area contributed by atoms with Gasteiger partial charge in [0.05, 0.1) is 28.8 Å². The summed E-state index contributed by atoms with van der Waals surface area (Å²) in [6.07, 6.45) is 1.70. The summed E-state index contributed by atoms with van der Waals surface area (Å²) in [6, 6.07) is 12.8. The summed E-state index contributed by atoms with van der Waals surface area (Å²) in [5.41, 5.74) is 1.81. The van der Waals surface area contributed by atoms with Gasteiger partial charge in [-0.2, -0.15) is 0 Å². The summed E-state index contributed by atoms with van der Waals surface area (Å²) in [7, 11) is 0. The molecule has 146 valence electrons. The molecule has 4 aromatic rings. The number of rotatable bonds is 5. The minimum atomic E-state index is -0.208. The topological polar surface area (TPSA) is 91.8 Å². The number of pyridine rings is 1. The van der Waals surface area contributed by atoms with Crippen LogP contribution in [0.4, 0.5) is 0 Å². The van der Waals surface area contributed by atoms with Crippen LogP contribution in [0.15, 0.2) is 53.5 Å². The van der Waals surface area contributed by atoms with Crippen LogP contribution in [0.5, 0.6) is 0 Å². The minimum absolute atomic E-state index is 0.138. The molecule has 0 unspecified atom stereocenters. The second-order valence-electron chi connectivity index (χ2n) is 6.50. The van der Waals surface area contributed by atoms with E-state index in [1.807, 2.05) is 38.1 Å². The first-order valence-corrected chi connectivity index (χ1v) is 10.0. The number of benzene rings is 1. The van der Waals surface area contributed by atoms with E-state index in [4.69, 9.17) is 0 Å². The highest BCUT2D eigenvalue weighted by Gasteiger charge is 2.22. The number of aromatic nitrogens is 4. The second kappa shape index (κ2) is 7.92. The van der Waals surface area contributed by atoms with Gasteiger partial charge in [-0.1, -0.05) is 18.2 Å². The summed E-state index contributed by atoms with van der Waals surface area (Å²) >= 11 is 1.32. The van der Waals surface area contributed by atoms with Crippen molar-refractivity contribution in [3.05, 3.63) is 75.4 Å². The Kier molecular flexibility index (Phi) is 5.18. The quantitative estimate of drug-likeness (QED) is 0.549. The van der Waals surface area contributed by atoms with E-state index in [2.05, 4.69) is 19.9 Å². The third-order valence-electron chi connectivity index (χ3n) is 4.55. The molecule has 0 fully saturated rings. The van der Waals surface area contributed by atoms with Crippen molar-refractivity contribution in [1.82, 2.24) is 24.8 Å². The standard InChI is InChI=1S/C21H19N5O2S/c1-3-26(12-17-24-15-9-5-4-8-14(15)19(27)25-17)21(28)18-13(2)23-20(29-18)16-10-6-7-11-22-16/h4-11H,3,12H2,1-2H3,(H,24,25,27). The van der Waals surface area contributed by atoms with Gasteiger partial charge < -0.3 is 9.88 Å². The molecule has 0 aliphatic heterocycles. The highest BCUT2D eigenvalue weighted by atomic mass is 32.1. The van der Waals surface area contributed by atoms with Crippen molar-refractivity contribution in [2.24, 2.45) is 0 Å². The van der Waals surface area contributed by atoms with E-state index in [-0.39, 0.29) is 18.0 Å². The van der Waals surface area contributed by atoms with E-state index in [1.54, 1.807) is 29.3 Å². The Balaban J connectivity index is 1.63. The fraction of sp³-hybridized carbons (Fsp3) is 0.190. The smallest absolute Gasteiger partial charge is 0.266 e. The normalized spacial score (nSPS) is 11.0. The summed E-state index contributed by atoms with van der Waals surface area (Å²) in [5, 5.41) is 1.24. The lowest BCUT2D eigenvalue weighted by Crippen LogP contribution is -2.31. The molecule has 1 amide bonds. The average molecular weight is 405 g/mol. The first kappa shape index (κ1) is 18.9. The van der Waals surface area contributed by atoms with Gasteiger partial charge in [0.15, 0.2) is 0 Å². The van der Waals surface area contributed by atoms with Crippen molar-refractivity contribution < 1.29 is 4.79 Å². The number of aromatic amines is 1. The van der Waals surface area contributed by atoms with Crippen LogP contribution < -0.4 is 5.56 Å². The number of aryl methyl sites for hydroxylation is 1. The van der Waals surface area contributed by atoms with Crippen LogP contribution in [0.2, 0.25) is 0 Å². The van der Waals surface area contributed by atoms with Crippen LogP contribution in [0, 0.1) is 6.92 Å². The molecule has 0 aliphatic rings. The highest BCUT2D eigenvalue weighted by molar-refractivity contribution is 7.17. The van der Waals surface area contributed by atoms with Gasteiger partial charge in [-0.3, -0.25) is 14.6 Å². The van der Waals surface area contributed by atoms with E-state index >= 15 is 0 Å². The molecule has 0 spiro atoms. The number of hydrogen-bond donors (Lipinski definition) is 1. The molecule has 7 nitrogen and oxygen atoms in total. The Morgan fingerprint density at radius 3 is 2.69 bits per heavy atom. The molecule has 0 bridgehead atoms. The minimum Gasteiger partial charge on any atom is -0.331 e. The zero-order chi connectivity index (χ0) is 20.4. The average Bonchev–Trinajstić information content (AvgIpc) is 3.14. The number of nitrogens with zero attached hydrogens (tertiary/aromatic N) is 4. The molecule has 8 heteroatoms. The Morgan fingerprint density at radius 2 is 1.93 bits per heavy atom. The van der Waals surface area contributed by atoms with Crippen LogP contribution in [-0.4, -0.2) is 37.3 Å². The van der Waals surface area contributed by atoms with E-state index < -0.39 is 0 Å². The summed E-state index contributed by atoms with van der Waals surface area (Å²) < 4.78 is 0. The Morgan fingerprint density at radius 1 is 1.14 bits per heavy atom. The van der Waals surface area contributed by atoms with Crippen LogP contribution in [0.3, 0.4) is 0 Å².